The van der Waals surface area contributed by atoms with Crippen LogP contribution < -0.4 is 11.1 Å². The molecule has 1 amide bonds. The van der Waals surface area contributed by atoms with E-state index in [1.807, 2.05) is 26.8 Å². The number of nitrogens with one attached hydrogen (secondary N) is 1. The van der Waals surface area contributed by atoms with Gasteiger partial charge in [-0.25, -0.2) is 4.79 Å². The van der Waals surface area contributed by atoms with Gasteiger partial charge in [-0.05, 0) is 49.9 Å². The van der Waals surface area contributed by atoms with Crippen LogP contribution >= 0.6 is 0 Å². The van der Waals surface area contributed by atoms with Gasteiger partial charge in [0.2, 0.25) is 0 Å². The smallest absolute Gasteiger partial charge is 0.410 e. The average molecular weight is 347 g/mol. The summed E-state index contributed by atoms with van der Waals surface area (Å²) >= 11 is 0. The minimum Gasteiger partial charge on any atom is -0.444 e. The lowest BCUT2D eigenvalue weighted by molar-refractivity contribution is 0.0224. The van der Waals surface area contributed by atoms with Gasteiger partial charge in [-0.3, -0.25) is 0 Å². The molecule has 0 aromatic heterocycles. The second kappa shape index (κ2) is 8.25. The molecule has 6 heteroatoms. The Bertz CT molecular complexity index is 635. The maximum Gasteiger partial charge on any atom is 0.410 e. The van der Waals surface area contributed by atoms with Crippen molar-refractivity contribution in [2.45, 2.75) is 39.3 Å². The average Bonchev–Trinajstić information content (AvgIpc) is 2.56. The van der Waals surface area contributed by atoms with Crippen LogP contribution in [0.5, 0.6) is 0 Å². The molecule has 1 aliphatic heterocycles. The predicted octanol–water partition coefficient (Wildman–Crippen LogP) is 2.47. The van der Waals surface area contributed by atoms with Gasteiger partial charge < -0.3 is 25.4 Å². The number of carbonyl (C=O) groups excluding carboxylic acids is 1. The summed E-state index contributed by atoms with van der Waals surface area (Å²) in [6.07, 6.45) is 2.34. The third-order valence-corrected chi connectivity index (χ3v) is 3.91. The minimum absolute atomic E-state index is 0.270. The zero-order valence-electron chi connectivity index (χ0n) is 15.6. The number of methoxy groups -OCH3 is 1. The zero-order chi connectivity index (χ0) is 18.4. The van der Waals surface area contributed by atoms with Crippen LogP contribution in [0.2, 0.25) is 0 Å². The van der Waals surface area contributed by atoms with E-state index < -0.39 is 5.60 Å². The lowest BCUT2D eigenvalue weighted by Gasteiger charge is -2.31. The molecule has 1 aliphatic rings. The lowest BCUT2D eigenvalue weighted by atomic mass is 9.97. The van der Waals surface area contributed by atoms with Gasteiger partial charge in [-0.2, -0.15) is 0 Å². The van der Waals surface area contributed by atoms with Gasteiger partial charge in [-0.1, -0.05) is 12.1 Å². The van der Waals surface area contributed by atoms with E-state index in [-0.39, 0.29) is 6.09 Å². The second-order valence-electron chi connectivity index (χ2n) is 7.18. The van der Waals surface area contributed by atoms with Crippen molar-refractivity contribution in [2.75, 3.05) is 26.8 Å². The maximum absolute atomic E-state index is 12.3. The van der Waals surface area contributed by atoms with Gasteiger partial charge in [0.15, 0.2) is 0 Å². The molecule has 25 heavy (non-hydrogen) atoms. The molecule has 3 N–H and O–H groups in total. The third-order valence-electron chi connectivity index (χ3n) is 3.91. The fourth-order valence-corrected chi connectivity index (χ4v) is 2.65. The standard InChI is InChI=1S/C19H29N3O3/c1-19(2,3)25-18(23)22-9-7-14-5-6-15(11-16(14)13-22)17(20)12-21-8-10-24-4/h5-6,11-12,21H,7-10,13,20H2,1-4H3/b17-12-. The highest BCUT2D eigenvalue weighted by Gasteiger charge is 2.25. The number of amides is 1. The van der Waals surface area contributed by atoms with Crippen LogP contribution in [0.25, 0.3) is 5.70 Å². The maximum atomic E-state index is 12.3. The first-order valence-electron chi connectivity index (χ1n) is 8.58. The van der Waals surface area contributed by atoms with Crippen molar-refractivity contribution in [3.8, 4) is 0 Å². The first-order valence-corrected chi connectivity index (χ1v) is 8.58. The van der Waals surface area contributed by atoms with Crippen LogP contribution in [0.3, 0.4) is 0 Å². The first kappa shape index (κ1) is 19.1. The Hall–Kier alpha value is -2.21. The molecule has 0 unspecified atom stereocenters. The summed E-state index contributed by atoms with van der Waals surface area (Å²) in [5.74, 6) is 0. The first-order chi connectivity index (χ1) is 11.8. The van der Waals surface area contributed by atoms with Crippen LogP contribution in [0.4, 0.5) is 4.79 Å². The summed E-state index contributed by atoms with van der Waals surface area (Å²) < 4.78 is 10.5. The van der Waals surface area contributed by atoms with Crippen LogP contribution in [-0.2, 0) is 22.4 Å². The summed E-state index contributed by atoms with van der Waals surface area (Å²) in [6.45, 7) is 8.18. The number of benzene rings is 1. The van der Waals surface area contributed by atoms with Crippen molar-refractivity contribution < 1.29 is 14.3 Å². The number of hydrogen-bond acceptors (Lipinski definition) is 5. The van der Waals surface area contributed by atoms with E-state index in [1.54, 1.807) is 18.2 Å². The SMILES string of the molecule is COCCN/C=C(\N)c1ccc2c(c1)CN(C(=O)OC(C)(C)C)CC2. The van der Waals surface area contributed by atoms with Crippen molar-refractivity contribution in [2.24, 2.45) is 5.73 Å². The number of fused-ring (bicyclic) bond motifs is 1. The van der Waals surface area contributed by atoms with Gasteiger partial charge in [0.1, 0.15) is 5.60 Å². The van der Waals surface area contributed by atoms with Crippen LogP contribution in [0, 0.1) is 0 Å². The lowest BCUT2D eigenvalue weighted by Crippen LogP contribution is -2.39. The van der Waals surface area contributed by atoms with Gasteiger partial charge >= 0.3 is 6.09 Å². The van der Waals surface area contributed by atoms with E-state index in [9.17, 15) is 4.79 Å². The summed E-state index contributed by atoms with van der Waals surface area (Å²) in [4.78, 5) is 14.0. The molecule has 0 fully saturated rings. The van der Waals surface area contributed by atoms with E-state index >= 15 is 0 Å². The molecule has 0 radical (unpaired) electrons. The number of nitrogens with zero attached hydrogens (tertiary/aromatic N) is 1. The Balaban J connectivity index is 2.06. The summed E-state index contributed by atoms with van der Waals surface area (Å²) in [7, 11) is 1.66. The normalized spacial score (nSPS) is 14.9. The quantitative estimate of drug-likeness (QED) is 0.800. The monoisotopic (exact) mass is 347 g/mol. The number of rotatable bonds is 5. The molecular formula is C19H29N3O3. The predicted molar refractivity (Wildman–Crippen MR) is 98.8 cm³/mol. The van der Waals surface area contributed by atoms with Gasteiger partial charge in [0.05, 0.1) is 12.3 Å². The molecular weight excluding hydrogens is 318 g/mol. The number of carbonyl (C=O) groups is 1. The molecule has 6 nitrogen and oxygen atoms in total. The van der Waals surface area contributed by atoms with Gasteiger partial charge in [0.25, 0.3) is 0 Å². The van der Waals surface area contributed by atoms with E-state index in [0.717, 1.165) is 17.5 Å². The fraction of sp³-hybridized carbons (Fsp3) is 0.526. The van der Waals surface area contributed by atoms with Crippen LogP contribution in [0.15, 0.2) is 24.4 Å². The largest absolute Gasteiger partial charge is 0.444 e. The summed E-state index contributed by atoms with van der Waals surface area (Å²) in [5.41, 5.74) is 9.62. The molecule has 0 spiro atoms. The van der Waals surface area contributed by atoms with E-state index in [0.29, 0.717) is 31.9 Å². The molecule has 1 aromatic carbocycles. The highest BCUT2D eigenvalue weighted by molar-refractivity contribution is 5.69. The summed E-state index contributed by atoms with van der Waals surface area (Å²) in [5, 5.41) is 3.12. The molecule has 0 bridgehead atoms. The van der Waals surface area contributed by atoms with E-state index in [2.05, 4.69) is 17.4 Å². The number of nitrogens with two attached hydrogens (primary N) is 1. The molecule has 0 atom stereocenters. The van der Waals surface area contributed by atoms with Crippen LogP contribution in [-0.4, -0.2) is 43.4 Å². The topological polar surface area (TPSA) is 76.8 Å². The van der Waals surface area contributed by atoms with Crippen molar-refractivity contribution in [3.63, 3.8) is 0 Å². The van der Waals surface area contributed by atoms with Crippen LogP contribution in [0.1, 0.15) is 37.5 Å². The van der Waals surface area contributed by atoms with Crippen molar-refractivity contribution >= 4 is 11.8 Å². The van der Waals surface area contributed by atoms with Crippen molar-refractivity contribution in [3.05, 3.63) is 41.1 Å². The zero-order valence-corrected chi connectivity index (χ0v) is 15.6. The number of hydrogen-bond donors (Lipinski definition) is 2. The van der Waals surface area contributed by atoms with E-state index in [1.165, 1.54) is 5.56 Å². The van der Waals surface area contributed by atoms with Crippen molar-refractivity contribution in [1.29, 1.82) is 0 Å². The highest BCUT2D eigenvalue weighted by atomic mass is 16.6. The third kappa shape index (κ3) is 5.67. The van der Waals surface area contributed by atoms with Gasteiger partial charge in [-0.15, -0.1) is 0 Å². The Labute approximate surface area is 150 Å². The number of ether oxygens (including phenoxy) is 2. The highest BCUT2D eigenvalue weighted by Crippen LogP contribution is 2.23. The fourth-order valence-electron chi connectivity index (χ4n) is 2.65. The molecule has 1 heterocycles. The van der Waals surface area contributed by atoms with Gasteiger partial charge in [0, 0.05) is 32.9 Å². The molecule has 1 aromatic rings. The Morgan fingerprint density at radius 2 is 2.12 bits per heavy atom. The minimum atomic E-state index is -0.486. The Morgan fingerprint density at radius 3 is 2.80 bits per heavy atom. The second-order valence-corrected chi connectivity index (χ2v) is 7.18. The van der Waals surface area contributed by atoms with Crippen molar-refractivity contribution in [1.82, 2.24) is 10.2 Å². The molecule has 0 saturated heterocycles. The Kier molecular flexibility index (Phi) is 6.31. The molecule has 0 saturated carbocycles. The molecule has 138 valence electrons. The molecule has 2 rings (SSSR count). The van der Waals surface area contributed by atoms with E-state index in [4.69, 9.17) is 15.2 Å². The Morgan fingerprint density at radius 1 is 1.36 bits per heavy atom. The summed E-state index contributed by atoms with van der Waals surface area (Å²) in [6, 6.07) is 6.16. The molecule has 0 aliphatic carbocycles.